The summed E-state index contributed by atoms with van der Waals surface area (Å²) >= 11 is 0. The maximum atomic E-state index is 5.68. The standard InChI is InChI=1S/C14H28N4O/c1-3-4-5-6-7-8-9-13-16-17-14(12-15)18(13)10-11-19-2/h3-12,15H2,1-2H3. The van der Waals surface area contributed by atoms with Gasteiger partial charge in [-0.05, 0) is 6.42 Å². The number of unbranched alkanes of at least 4 members (excludes halogenated alkanes) is 5. The van der Waals surface area contributed by atoms with Gasteiger partial charge in [-0.15, -0.1) is 10.2 Å². The van der Waals surface area contributed by atoms with Crippen molar-refractivity contribution in [3.63, 3.8) is 0 Å². The number of methoxy groups -OCH3 is 1. The van der Waals surface area contributed by atoms with Crippen LogP contribution in [0, 0.1) is 0 Å². The number of aryl methyl sites for hydroxylation is 1. The third-order valence-electron chi connectivity index (χ3n) is 3.36. The Morgan fingerprint density at radius 2 is 1.74 bits per heavy atom. The molecule has 19 heavy (non-hydrogen) atoms. The molecule has 0 fully saturated rings. The highest BCUT2D eigenvalue weighted by Gasteiger charge is 2.09. The largest absolute Gasteiger partial charge is 0.383 e. The van der Waals surface area contributed by atoms with Crippen molar-refractivity contribution in [1.29, 1.82) is 0 Å². The summed E-state index contributed by atoms with van der Waals surface area (Å²) in [7, 11) is 1.71. The fraction of sp³-hybridized carbons (Fsp3) is 0.857. The fourth-order valence-electron chi connectivity index (χ4n) is 2.21. The second-order valence-corrected chi connectivity index (χ2v) is 4.90. The lowest BCUT2D eigenvalue weighted by molar-refractivity contribution is 0.185. The zero-order valence-corrected chi connectivity index (χ0v) is 12.4. The van der Waals surface area contributed by atoms with Gasteiger partial charge < -0.3 is 15.0 Å². The Hall–Kier alpha value is -0.940. The van der Waals surface area contributed by atoms with Crippen molar-refractivity contribution < 1.29 is 4.74 Å². The first kappa shape index (κ1) is 16.1. The van der Waals surface area contributed by atoms with Gasteiger partial charge in [-0.25, -0.2) is 0 Å². The summed E-state index contributed by atoms with van der Waals surface area (Å²) in [6.45, 7) is 4.15. The van der Waals surface area contributed by atoms with E-state index < -0.39 is 0 Å². The smallest absolute Gasteiger partial charge is 0.146 e. The van der Waals surface area contributed by atoms with Crippen LogP contribution in [-0.2, 0) is 24.2 Å². The number of aromatic nitrogens is 3. The molecule has 110 valence electrons. The molecule has 0 saturated heterocycles. The van der Waals surface area contributed by atoms with Crippen molar-refractivity contribution in [2.24, 2.45) is 5.73 Å². The number of nitrogens with two attached hydrogens (primary N) is 1. The average Bonchev–Trinajstić information content (AvgIpc) is 2.82. The molecule has 0 amide bonds. The lowest BCUT2D eigenvalue weighted by atomic mass is 10.1. The van der Waals surface area contributed by atoms with Gasteiger partial charge in [0.25, 0.3) is 0 Å². The molecule has 1 rings (SSSR count). The van der Waals surface area contributed by atoms with Crippen LogP contribution in [0.4, 0.5) is 0 Å². The van der Waals surface area contributed by atoms with E-state index in [0.29, 0.717) is 13.2 Å². The molecule has 5 nitrogen and oxygen atoms in total. The van der Waals surface area contributed by atoms with E-state index in [1.165, 1.54) is 38.5 Å². The molecule has 2 N–H and O–H groups in total. The van der Waals surface area contributed by atoms with Crippen molar-refractivity contribution in [3.8, 4) is 0 Å². The number of nitrogens with zero attached hydrogens (tertiary/aromatic N) is 3. The predicted octanol–water partition coefficient (Wildman–Crippen LogP) is 2.29. The Balaban J connectivity index is 2.37. The topological polar surface area (TPSA) is 66.0 Å². The molecule has 0 spiro atoms. The van der Waals surface area contributed by atoms with Crippen molar-refractivity contribution in [2.75, 3.05) is 13.7 Å². The summed E-state index contributed by atoms with van der Waals surface area (Å²) in [6.07, 6.45) is 8.76. The van der Waals surface area contributed by atoms with Crippen LogP contribution in [0.15, 0.2) is 0 Å². The maximum Gasteiger partial charge on any atom is 0.146 e. The Kier molecular flexibility index (Phi) is 8.41. The van der Waals surface area contributed by atoms with Crippen molar-refractivity contribution in [2.45, 2.75) is 65.0 Å². The third-order valence-corrected chi connectivity index (χ3v) is 3.36. The summed E-state index contributed by atoms with van der Waals surface area (Å²) in [5.74, 6) is 1.91. The van der Waals surface area contributed by atoms with Crippen LogP contribution in [-0.4, -0.2) is 28.5 Å². The van der Waals surface area contributed by atoms with Crippen LogP contribution < -0.4 is 5.73 Å². The molecule has 0 aliphatic carbocycles. The first-order valence-electron chi connectivity index (χ1n) is 7.43. The molecule has 5 heteroatoms. The average molecular weight is 268 g/mol. The second kappa shape index (κ2) is 9.92. The van der Waals surface area contributed by atoms with Crippen LogP contribution in [0.1, 0.15) is 57.1 Å². The highest BCUT2D eigenvalue weighted by molar-refractivity contribution is 4.96. The van der Waals surface area contributed by atoms with Gasteiger partial charge in [-0.3, -0.25) is 0 Å². The number of hydrogen-bond donors (Lipinski definition) is 1. The van der Waals surface area contributed by atoms with Crippen LogP contribution >= 0.6 is 0 Å². The minimum Gasteiger partial charge on any atom is -0.383 e. The zero-order chi connectivity index (χ0) is 13.9. The van der Waals surface area contributed by atoms with E-state index in [1.54, 1.807) is 7.11 Å². The van der Waals surface area contributed by atoms with Crippen LogP contribution in [0.25, 0.3) is 0 Å². The van der Waals surface area contributed by atoms with E-state index in [1.807, 2.05) is 0 Å². The Morgan fingerprint density at radius 3 is 2.42 bits per heavy atom. The Labute approximate surface area is 116 Å². The van der Waals surface area contributed by atoms with Gasteiger partial charge >= 0.3 is 0 Å². The van der Waals surface area contributed by atoms with Gasteiger partial charge in [0.2, 0.25) is 0 Å². The van der Waals surface area contributed by atoms with Crippen LogP contribution in [0.2, 0.25) is 0 Å². The number of rotatable bonds is 11. The lowest BCUT2D eigenvalue weighted by Gasteiger charge is -2.08. The minimum atomic E-state index is 0.438. The van der Waals surface area contributed by atoms with Crippen molar-refractivity contribution in [3.05, 3.63) is 11.6 Å². The lowest BCUT2D eigenvalue weighted by Crippen LogP contribution is -2.14. The second-order valence-electron chi connectivity index (χ2n) is 4.90. The van der Waals surface area contributed by atoms with E-state index in [2.05, 4.69) is 21.7 Å². The van der Waals surface area contributed by atoms with Gasteiger partial charge in [0.05, 0.1) is 13.2 Å². The molecule has 0 bridgehead atoms. The fourth-order valence-corrected chi connectivity index (χ4v) is 2.21. The number of ether oxygens (including phenoxy) is 1. The third kappa shape index (κ3) is 5.70. The van der Waals surface area contributed by atoms with E-state index in [9.17, 15) is 0 Å². The molecule has 0 aromatic carbocycles. The SMILES string of the molecule is CCCCCCCCc1nnc(CN)n1CCOC. The highest BCUT2D eigenvalue weighted by atomic mass is 16.5. The molecule has 0 atom stereocenters. The van der Waals surface area contributed by atoms with Crippen molar-refractivity contribution >= 4 is 0 Å². The van der Waals surface area contributed by atoms with Gasteiger partial charge in [0.1, 0.15) is 11.6 Å². The monoisotopic (exact) mass is 268 g/mol. The predicted molar refractivity (Wildman–Crippen MR) is 76.9 cm³/mol. The van der Waals surface area contributed by atoms with Gasteiger partial charge in [0, 0.05) is 20.1 Å². The van der Waals surface area contributed by atoms with E-state index in [0.717, 1.165) is 24.6 Å². The maximum absolute atomic E-state index is 5.68. The van der Waals surface area contributed by atoms with Crippen LogP contribution in [0.3, 0.4) is 0 Å². The molecule has 0 unspecified atom stereocenters. The molecule has 1 aromatic heterocycles. The van der Waals surface area contributed by atoms with Crippen molar-refractivity contribution in [1.82, 2.24) is 14.8 Å². The first-order valence-corrected chi connectivity index (χ1v) is 7.43. The minimum absolute atomic E-state index is 0.438. The van der Waals surface area contributed by atoms with Gasteiger partial charge in [-0.2, -0.15) is 0 Å². The summed E-state index contributed by atoms with van der Waals surface area (Å²) in [5.41, 5.74) is 5.68. The summed E-state index contributed by atoms with van der Waals surface area (Å²) in [5, 5.41) is 8.40. The van der Waals surface area contributed by atoms with Crippen LogP contribution in [0.5, 0.6) is 0 Å². The molecule has 0 saturated carbocycles. The highest BCUT2D eigenvalue weighted by Crippen LogP contribution is 2.10. The molecule has 0 aliphatic heterocycles. The summed E-state index contributed by atoms with van der Waals surface area (Å²) in [4.78, 5) is 0. The summed E-state index contributed by atoms with van der Waals surface area (Å²) in [6, 6.07) is 0. The Morgan fingerprint density at radius 1 is 1.05 bits per heavy atom. The Bertz CT molecular complexity index is 338. The molecular formula is C14H28N4O. The molecular weight excluding hydrogens is 240 g/mol. The molecule has 1 heterocycles. The molecule has 0 radical (unpaired) electrons. The van der Waals surface area contributed by atoms with E-state index >= 15 is 0 Å². The number of hydrogen-bond acceptors (Lipinski definition) is 4. The molecule has 1 aromatic rings. The van der Waals surface area contributed by atoms with E-state index in [4.69, 9.17) is 10.5 Å². The first-order chi connectivity index (χ1) is 9.33. The summed E-state index contributed by atoms with van der Waals surface area (Å²) < 4.78 is 7.23. The quantitative estimate of drug-likeness (QED) is 0.625. The van der Waals surface area contributed by atoms with Gasteiger partial charge in [0.15, 0.2) is 0 Å². The van der Waals surface area contributed by atoms with Gasteiger partial charge in [-0.1, -0.05) is 39.0 Å². The molecule has 0 aliphatic rings. The zero-order valence-electron chi connectivity index (χ0n) is 12.4. The normalized spacial score (nSPS) is 11.1. The van der Waals surface area contributed by atoms with E-state index in [-0.39, 0.29) is 0 Å².